The van der Waals surface area contributed by atoms with Gasteiger partial charge in [-0.15, -0.1) is 11.3 Å². The summed E-state index contributed by atoms with van der Waals surface area (Å²) in [6, 6.07) is 83.3. The minimum absolute atomic E-state index is 1.17. The molecule has 0 fully saturated rings. The van der Waals surface area contributed by atoms with Gasteiger partial charge >= 0.3 is 0 Å². The summed E-state index contributed by atoms with van der Waals surface area (Å²) in [6.45, 7) is 0. The van der Waals surface area contributed by atoms with Gasteiger partial charge in [0.25, 0.3) is 0 Å². The van der Waals surface area contributed by atoms with Gasteiger partial charge in [-0.2, -0.15) is 0 Å². The third kappa shape index (κ3) is 5.40. The summed E-state index contributed by atoms with van der Waals surface area (Å²) in [5.74, 6) is 0. The van der Waals surface area contributed by atoms with Gasteiger partial charge in [0.15, 0.2) is 0 Å². The Morgan fingerprint density at radius 3 is 1.44 bits per heavy atom. The molecule has 2 heterocycles. The van der Waals surface area contributed by atoms with Crippen LogP contribution in [0.4, 0.5) is 0 Å². The molecule has 0 aliphatic heterocycles. The van der Waals surface area contributed by atoms with E-state index in [9.17, 15) is 0 Å². The third-order valence-corrected chi connectivity index (χ3v) is 14.2. The Kier molecular flexibility index (Phi) is 7.85. The summed E-state index contributed by atoms with van der Waals surface area (Å²) in [4.78, 5) is 0. The maximum absolute atomic E-state index is 2.44. The lowest BCUT2D eigenvalue weighted by molar-refractivity contribution is 1.18. The lowest BCUT2D eigenvalue weighted by Crippen LogP contribution is -1.97. The molecule has 1 aliphatic rings. The third-order valence-electron chi connectivity index (χ3n) is 13.0. The van der Waals surface area contributed by atoms with Crippen LogP contribution in [0.1, 0.15) is 0 Å². The lowest BCUT2D eigenvalue weighted by atomic mass is 9.80. The van der Waals surface area contributed by atoms with Crippen molar-refractivity contribution >= 4 is 53.3 Å². The van der Waals surface area contributed by atoms with Gasteiger partial charge in [0.05, 0.1) is 11.0 Å². The monoisotopic (exact) mass is 803 g/mol. The first-order valence-electron chi connectivity index (χ1n) is 21.3. The molecule has 2 heteroatoms. The van der Waals surface area contributed by atoms with Crippen molar-refractivity contribution in [3.05, 3.63) is 224 Å². The first-order chi connectivity index (χ1) is 30.7. The van der Waals surface area contributed by atoms with E-state index < -0.39 is 0 Å². The van der Waals surface area contributed by atoms with E-state index in [-0.39, 0.29) is 0 Å². The van der Waals surface area contributed by atoms with Crippen molar-refractivity contribution in [3.8, 4) is 83.6 Å². The average Bonchev–Trinajstić information content (AvgIpc) is 3.89. The lowest BCUT2D eigenvalue weighted by Gasteiger charge is -2.23. The van der Waals surface area contributed by atoms with Crippen LogP contribution in [0.25, 0.3) is 126 Å². The average molecular weight is 804 g/mol. The van der Waals surface area contributed by atoms with Crippen LogP contribution in [0, 0.1) is 0 Å². The molecular weight excluding hydrogens is 767 g/mol. The molecule has 12 aromatic rings. The Morgan fingerprint density at radius 1 is 0.258 bits per heavy atom. The van der Waals surface area contributed by atoms with Crippen molar-refractivity contribution in [3.63, 3.8) is 0 Å². The summed E-state index contributed by atoms with van der Waals surface area (Å²) < 4.78 is 5.03. The number of fused-ring (bicyclic) bond motifs is 14. The van der Waals surface area contributed by atoms with Crippen molar-refractivity contribution < 1.29 is 0 Å². The number of hydrogen-bond acceptors (Lipinski definition) is 1. The van der Waals surface area contributed by atoms with Gasteiger partial charge in [0.2, 0.25) is 0 Å². The first kappa shape index (κ1) is 35.0. The van der Waals surface area contributed by atoms with E-state index in [1.54, 1.807) is 0 Å². The van der Waals surface area contributed by atoms with Gasteiger partial charge in [-0.1, -0.05) is 164 Å². The molecule has 62 heavy (non-hydrogen) atoms. The number of hydrogen-bond donors (Lipinski definition) is 0. The topological polar surface area (TPSA) is 4.93 Å². The van der Waals surface area contributed by atoms with Crippen LogP contribution in [0.15, 0.2) is 224 Å². The zero-order valence-corrected chi connectivity index (χ0v) is 34.5. The van der Waals surface area contributed by atoms with E-state index >= 15 is 0 Å². The summed E-state index contributed by atoms with van der Waals surface area (Å²) in [7, 11) is 0. The van der Waals surface area contributed by atoms with Gasteiger partial charge in [0.1, 0.15) is 0 Å². The van der Waals surface area contributed by atoms with Crippen LogP contribution < -0.4 is 0 Å². The molecule has 288 valence electrons. The largest absolute Gasteiger partial charge is 0.309 e. The van der Waals surface area contributed by atoms with E-state index in [4.69, 9.17) is 0 Å². The smallest absolute Gasteiger partial charge is 0.0541 e. The molecule has 0 spiro atoms. The molecule has 2 aromatic heterocycles. The maximum Gasteiger partial charge on any atom is 0.0541 e. The fourth-order valence-corrected chi connectivity index (χ4v) is 11.4. The van der Waals surface area contributed by atoms with Crippen LogP contribution >= 0.6 is 11.3 Å². The Balaban J connectivity index is 1.06. The fourth-order valence-electron chi connectivity index (χ4n) is 10.1. The van der Waals surface area contributed by atoms with Gasteiger partial charge in [-0.25, -0.2) is 0 Å². The zero-order valence-electron chi connectivity index (χ0n) is 33.7. The highest BCUT2D eigenvalue weighted by Crippen LogP contribution is 2.49. The quantitative estimate of drug-likeness (QED) is 0.167. The molecule has 0 radical (unpaired) electrons. The molecule has 13 rings (SSSR count). The van der Waals surface area contributed by atoms with Gasteiger partial charge in [0, 0.05) is 36.6 Å². The summed E-state index contributed by atoms with van der Waals surface area (Å²) in [5, 5.41) is 5.12. The molecule has 0 unspecified atom stereocenters. The van der Waals surface area contributed by atoms with E-state index in [1.165, 1.54) is 126 Å². The van der Waals surface area contributed by atoms with Crippen LogP contribution in [-0.2, 0) is 0 Å². The second-order valence-electron chi connectivity index (χ2n) is 16.4. The number of benzene rings is 10. The van der Waals surface area contributed by atoms with Crippen molar-refractivity contribution in [2.45, 2.75) is 0 Å². The highest BCUT2D eigenvalue weighted by atomic mass is 32.1. The molecule has 0 bridgehead atoms. The summed E-state index contributed by atoms with van der Waals surface area (Å²) in [5.41, 5.74) is 20.9. The van der Waals surface area contributed by atoms with Crippen LogP contribution in [0.5, 0.6) is 0 Å². The SMILES string of the molecule is c1ccc(-n2c3ccccc3c3cc(-c4cc(-c5ccc6c(c5)-c5ccccc5-c5ccccc5-c5ccccc5-6)cc(-c5cccc6c5sc5ccccc56)c4)ccc32)cc1. The molecular formula is C60H37NS. The normalized spacial score (nSPS) is 11.9. The van der Waals surface area contributed by atoms with Crippen LogP contribution in [-0.4, -0.2) is 4.57 Å². The number of para-hydroxylation sites is 2. The van der Waals surface area contributed by atoms with Crippen molar-refractivity contribution in [2.75, 3.05) is 0 Å². The van der Waals surface area contributed by atoms with E-state index in [1.807, 2.05) is 11.3 Å². The van der Waals surface area contributed by atoms with E-state index in [0.717, 1.165) is 0 Å². The predicted octanol–water partition coefficient (Wildman–Crippen LogP) is 17.1. The standard InChI is InChI=1S/C60H37NS/c1-2-15-43(16-3-1)61-57-27-12-10-23-52(57)56-37-39(30-32-58(56)61)41-33-40(34-42(35-41)44-25-14-26-54-53-24-11-13-28-59(53)62-60(44)54)38-29-31-51-49-21-7-6-19-47(49)45-17-4-5-18-46(45)48-20-8-9-22-50(48)55(51)36-38/h1-37H. The maximum atomic E-state index is 2.44. The highest BCUT2D eigenvalue weighted by molar-refractivity contribution is 7.26. The minimum atomic E-state index is 1.17. The first-order valence-corrected chi connectivity index (χ1v) is 22.1. The minimum Gasteiger partial charge on any atom is -0.309 e. The molecule has 0 atom stereocenters. The summed E-state index contributed by atoms with van der Waals surface area (Å²) in [6.07, 6.45) is 0. The zero-order chi connectivity index (χ0) is 40.7. The Labute approximate surface area is 364 Å². The Morgan fingerprint density at radius 2 is 0.742 bits per heavy atom. The number of rotatable bonds is 4. The molecule has 0 saturated heterocycles. The van der Waals surface area contributed by atoms with Crippen molar-refractivity contribution in [1.82, 2.24) is 4.57 Å². The molecule has 1 nitrogen and oxygen atoms in total. The van der Waals surface area contributed by atoms with Crippen LogP contribution in [0.2, 0.25) is 0 Å². The van der Waals surface area contributed by atoms with Gasteiger partial charge in [-0.3, -0.25) is 0 Å². The molecule has 0 saturated carbocycles. The van der Waals surface area contributed by atoms with E-state index in [2.05, 4.69) is 229 Å². The van der Waals surface area contributed by atoms with Gasteiger partial charge < -0.3 is 4.57 Å². The molecule has 1 aliphatic carbocycles. The second kappa shape index (κ2) is 13.9. The van der Waals surface area contributed by atoms with Crippen molar-refractivity contribution in [2.24, 2.45) is 0 Å². The number of aromatic nitrogens is 1. The van der Waals surface area contributed by atoms with Crippen LogP contribution in [0.3, 0.4) is 0 Å². The predicted molar refractivity (Wildman–Crippen MR) is 265 cm³/mol. The molecule has 10 aromatic carbocycles. The molecule has 0 N–H and O–H groups in total. The van der Waals surface area contributed by atoms with Crippen molar-refractivity contribution in [1.29, 1.82) is 0 Å². The Bertz CT molecular complexity index is 3750. The number of nitrogens with zero attached hydrogens (tertiary/aromatic N) is 1. The second-order valence-corrected chi connectivity index (χ2v) is 17.4. The molecule has 0 amide bonds. The highest BCUT2D eigenvalue weighted by Gasteiger charge is 2.23. The summed E-state index contributed by atoms with van der Waals surface area (Å²) >= 11 is 1.89. The van der Waals surface area contributed by atoms with E-state index in [0.29, 0.717) is 0 Å². The number of thiophene rings is 1. The fraction of sp³-hybridized carbons (Fsp3) is 0. The Hall–Kier alpha value is -7.78. The van der Waals surface area contributed by atoms with Gasteiger partial charge in [-0.05, 0) is 139 Å².